The van der Waals surface area contributed by atoms with E-state index in [0.717, 1.165) is 32.7 Å². The number of benzene rings is 1. The van der Waals surface area contributed by atoms with Gasteiger partial charge in [0.1, 0.15) is 0 Å². The lowest BCUT2D eigenvalue weighted by molar-refractivity contribution is 0.0940. The first kappa shape index (κ1) is 19.4. The predicted molar refractivity (Wildman–Crippen MR) is 109 cm³/mol. The van der Waals surface area contributed by atoms with Crippen molar-refractivity contribution in [1.29, 1.82) is 0 Å². The van der Waals surface area contributed by atoms with Crippen LogP contribution in [0.2, 0.25) is 0 Å². The Kier molecular flexibility index (Phi) is 5.51. The molecule has 142 valence electrons. The number of carbonyl (C=O) groups excluding carboxylic acids is 1. The molecule has 2 aromatic heterocycles. The number of aromatic nitrogens is 4. The molecule has 0 aliphatic rings. The van der Waals surface area contributed by atoms with Crippen molar-refractivity contribution in [2.24, 2.45) is 7.05 Å². The van der Waals surface area contributed by atoms with Crippen LogP contribution in [0.1, 0.15) is 51.5 Å². The first-order chi connectivity index (χ1) is 12.8. The van der Waals surface area contributed by atoms with Gasteiger partial charge in [0.05, 0.1) is 34.6 Å². The molecule has 0 spiro atoms. The number of rotatable bonds is 5. The summed E-state index contributed by atoms with van der Waals surface area (Å²) >= 11 is 3.55. The Labute approximate surface area is 167 Å². The topological polar surface area (TPSA) is 64.7 Å². The van der Waals surface area contributed by atoms with Gasteiger partial charge in [-0.25, -0.2) is 0 Å². The molecule has 0 aliphatic carbocycles. The lowest BCUT2D eigenvalue weighted by atomic mass is 10.1. The summed E-state index contributed by atoms with van der Waals surface area (Å²) in [7, 11) is 1.90. The van der Waals surface area contributed by atoms with Crippen LogP contribution in [-0.2, 0) is 13.6 Å². The molecule has 0 radical (unpaired) electrons. The summed E-state index contributed by atoms with van der Waals surface area (Å²) in [5.74, 6) is -0.0915. The minimum Gasteiger partial charge on any atom is -0.345 e. The predicted octanol–water partition coefficient (Wildman–Crippen LogP) is 3.84. The van der Waals surface area contributed by atoms with E-state index in [1.54, 1.807) is 6.20 Å². The highest BCUT2D eigenvalue weighted by Gasteiger charge is 2.16. The fourth-order valence-electron chi connectivity index (χ4n) is 3.06. The van der Waals surface area contributed by atoms with Gasteiger partial charge >= 0.3 is 0 Å². The third-order valence-corrected chi connectivity index (χ3v) is 6.08. The van der Waals surface area contributed by atoms with Gasteiger partial charge in [-0.2, -0.15) is 10.2 Å². The van der Waals surface area contributed by atoms with E-state index < -0.39 is 0 Å². The number of aryl methyl sites for hydroxylation is 2. The molecule has 1 unspecified atom stereocenters. The van der Waals surface area contributed by atoms with Crippen LogP contribution < -0.4 is 5.32 Å². The van der Waals surface area contributed by atoms with E-state index in [4.69, 9.17) is 0 Å². The maximum atomic E-state index is 12.6. The van der Waals surface area contributed by atoms with Crippen LogP contribution in [0, 0.1) is 20.8 Å². The van der Waals surface area contributed by atoms with Crippen LogP contribution in [0.25, 0.3) is 0 Å². The molecule has 0 bridgehead atoms. The summed E-state index contributed by atoms with van der Waals surface area (Å²) in [6.07, 6.45) is 1.80. The molecular formula is C20H24BrN5O. The highest BCUT2D eigenvalue weighted by Crippen LogP contribution is 2.21. The Morgan fingerprint density at radius 2 is 1.85 bits per heavy atom. The van der Waals surface area contributed by atoms with Crippen LogP contribution in [0.5, 0.6) is 0 Å². The lowest BCUT2D eigenvalue weighted by Gasteiger charge is -2.14. The molecule has 1 N–H and O–H groups in total. The van der Waals surface area contributed by atoms with E-state index in [9.17, 15) is 4.79 Å². The van der Waals surface area contributed by atoms with Gasteiger partial charge in [-0.3, -0.25) is 14.2 Å². The van der Waals surface area contributed by atoms with Gasteiger partial charge in [0.15, 0.2) is 0 Å². The normalized spacial score (nSPS) is 12.2. The Balaban J connectivity index is 1.68. The van der Waals surface area contributed by atoms with Crippen molar-refractivity contribution in [3.63, 3.8) is 0 Å². The quantitative estimate of drug-likeness (QED) is 0.669. The minimum atomic E-state index is -0.0991. The highest BCUT2D eigenvalue weighted by molar-refractivity contribution is 9.10. The molecule has 1 atom stereocenters. The van der Waals surface area contributed by atoms with Crippen molar-refractivity contribution in [2.45, 2.75) is 40.3 Å². The standard InChI is InChI=1S/C20H24BrN5O/c1-12(18-10-22-25(5)14(18)3)23-20(27)17-8-6-16(7-9-17)11-26-15(4)19(21)13(2)24-26/h6-10,12H,11H2,1-5H3,(H,23,27). The molecule has 6 nitrogen and oxygen atoms in total. The maximum Gasteiger partial charge on any atom is 0.251 e. The smallest absolute Gasteiger partial charge is 0.251 e. The maximum absolute atomic E-state index is 12.6. The first-order valence-electron chi connectivity index (χ1n) is 8.85. The van der Waals surface area contributed by atoms with E-state index >= 15 is 0 Å². The van der Waals surface area contributed by atoms with Crippen LogP contribution in [0.3, 0.4) is 0 Å². The zero-order chi connectivity index (χ0) is 19.7. The molecule has 3 rings (SSSR count). The molecule has 0 fully saturated rings. The van der Waals surface area contributed by atoms with Crippen molar-refractivity contribution in [3.8, 4) is 0 Å². The lowest BCUT2D eigenvalue weighted by Crippen LogP contribution is -2.27. The van der Waals surface area contributed by atoms with Gasteiger partial charge in [0, 0.05) is 23.9 Å². The second-order valence-corrected chi connectivity index (χ2v) is 7.64. The molecule has 27 heavy (non-hydrogen) atoms. The SMILES string of the molecule is Cc1nn(Cc2ccc(C(=O)NC(C)c3cnn(C)c3C)cc2)c(C)c1Br. The highest BCUT2D eigenvalue weighted by atomic mass is 79.9. The summed E-state index contributed by atoms with van der Waals surface area (Å²) < 4.78 is 4.81. The molecule has 3 aromatic rings. The summed E-state index contributed by atoms with van der Waals surface area (Å²) in [5.41, 5.74) is 5.88. The number of hydrogen-bond donors (Lipinski definition) is 1. The van der Waals surface area contributed by atoms with E-state index in [-0.39, 0.29) is 11.9 Å². The Bertz CT molecular complexity index is 971. The Morgan fingerprint density at radius 1 is 1.19 bits per heavy atom. The van der Waals surface area contributed by atoms with Crippen molar-refractivity contribution in [1.82, 2.24) is 24.9 Å². The van der Waals surface area contributed by atoms with Crippen molar-refractivity contribution < 1.29 is 4.79 Å². The number of nitrogens with zero attached hydrogens (tertiary/aromatic N) is 4. The van der Waals surface area contributed by atoms with Gasteiger partial charge in [-0.05, 0) is 61.3 Å². The zero-order valence-electron chi connectivity index (χ0n) is 16.2. The molecule has 1 aromatic carbocycles. The van der Waals surface area contributed by atoms with Crippen molar-refractivity contribution >= 4 is 21.8 Å². The zero-order valence-corrected chi connectivity index (χ0v) is 17.8. The molecule has 0 aliphatic heterocycles. The van der Waals surface area contributed by atoms with Gasteiger partial charge in [-0.15, -0.1) is 0 Å². The summed E-state index contributed by atoms with van der Waals surface area (Å²) in [4.78, 5) is 12.6. The number of nitrogens with one attached hydrogen (secondary N) is 1. The molecule has 0 saturated heterocycles. The summed E-state index contributed by atoms with van der Waals surface area (Å²) in [6.45, 7) is 8.65. The molecule has 0 saturated carbocycles. The summed E-state index contributed by atoms with van der Waals surface area (Å²) in [6, 6.07) is 7.55. The molecule has 1 amide bonds. The second kappa shape index (κ2) is 7.68. The average Bonchev–Trinajstić information content (AvgIpc) is 3.10. The van der Waals surface area contributed by atoms with E-state index in [1.807, 2.05) is 68.4 Å². The number of hydrogen-bond acceptors (Lipinski definition) is 3. The van der Waals surface area contributed by atoms with Gasteiger partial charge < -0.3 is 5.32 Å². The number of amides is 1. The van der Waals surface area contributed by atoms with Crippen molar-refractivity contribution in [2.75, 3.05) is 0 Å². The van der Waals surface area contributed by atoms with Crippen molar-refractivity contribution in [3.05, 3.63) is 68.7 Å². The van der Waals surface area contributed by atoms with Crippen LogP contribution in [0.4, 0.5) is 0 Å². The second-order valence-electron chi connectivity index (χ2n) is 6.84. The van der Waals surface area contributed by atoms with Gasteiger partial charge in [-0.1, -0.05) is 12.1 Å². The van der Waals surface area contributed by atoms with Crippen LogP contribution >= 0.6 is 15.9 Å². The van der Waals surface area contributed by atoms with Crippen LogP contribution in [-0.4, -0.2) is 25.5 Å². The van der Waals surface area contributed by atoms with Gasteiger partial charge in [0.25, 0.3) is 5.91 Å². The average molecular weight is 430 g/mol. The number of halogens is 1. The number of carbonyl (C=O) groups is 1. The molecular weight excluding hydrogens is 406 g/mol. The Morgan fingerprint density at radius 3 is 2.37 bits per heavy atom. The van der Waals surface area contributed by atoms with E-state index in [1.165, 1.54) is 0 Å². The minimum absolute atomic E-state index is 0.0915. The van der Waals surface area contributed by atoms with E-state index in [0.29, 0.717) is 12.1 Å². The largest absolute Gasteiger partial charge is 0.345 e. The third-order valence-electron chi connectivity index (χ3n) is 4.93. The summed E-state index contributed by atoms with van der Waals surface area (Å²) in [5, 5.41) is 11.8. The Hall–Kier alpha value is -2.41. The van der Waals surface area contributed by atoms with E-state index in [2.05, 4.69) is 31.4 Å². The molecule has 2 heterocycles. The monoisotopic (exact) mass is 429 g/mol. The fourth-order valence-corrected chi connectivity index (χ4v) is 3.35. The molecule has 7 heteroatoms. The third kappa shape index (κ3) is 3.98. The van der Waals surface area contributed by atoms with Crippen LogP contribution in [0.15, 0.2) is 34.9 Å². The fraction of sp³-hybridized carbons (Fsp3) is 0.350. The van der Waals surface area contributed by atoms with Gasteiger partial charge in [0.2, 0.25) is 0 Å². The first-order valence-corrected chi connectivity index (χ1v) is 9.65.